The number of nitrogens with two attached hydrogens (primary N) is 4. The van der Waals surface area contributed by atoms with Gasteiger partial charge < -0.3 is 0 Å². The van der Waals surface area contributed by atoms with E-state index in [1.807, 2.05) is 10.9 Å². The van der Waals surface area contributed by atoms with E-state index in [1.165, 1.54) is 0 Å². The molecule has 0 aromatic heterocycles. The molecule has 0 saturated carbocycles. The second kappa shape index (κ2) is 14.1. The van der Waals surface area contributed by atoms with Gasteiger partial charge in [0.25, 0.3) is 0 Å². The Morgan fingerprint density at radius 2 is 0.857 bits per heavy atom. The van der Waals surface area contributed by atoms with Gasteiger partial charge in [-0.05, 0) is 12.8 Å². The van der Waals surface area contributed by atoms with Crippen molar-refractivity contribution in [1.82, 2.24) is 21.7 Å². The van der Waals surface area contributed by atoms with Gasteiger partial charge in [-0.15, -0.1) is 0 Å². The molecule has 0 unspecified atom stereocenters. The lowest BCUT2D eigenvalue weighted by Gasteiger charge is -1.99. The molecule has 12 N–H and O–H groups in total. The minimum atomic E-state index is -0.571. The second-order valence-corrected chi connectivity index (χ2v) is 3.65. The summed E-state index contributed by atoms with van der Waals surface area (Å²) in [7, 11) is 0. The third-order valence-electron chi connectivity index (χ3n) is 2.02. The molecule has 0 aliphatic carbocycles. The van der Waals surface area contributed by atoms with Crippen LogP contribution in [0.5, 0.6) is 0 Å². The fraction of sp³-hybridized carbons (Fsp3) is 0.556. The van der Waals surface area contributed by atoms with Crippen LogP contribution in [0.4, 0.5) is 0 Å². The van der Waals surface area contributed by atoms with Crippen molar-refractivity contribution in [1.29, 1.82) is 0 Å². The number of rotatable bonds is 7. The number of carbonyl (C=O) groups is 4. The monoisotopic (exact) mass is 306 g/mol. The highest BCUT2D eigenvalue weighted by Crippen LogP contribution is 1.98. The molecular weight excluding hydrogens is 284 g/mol. The normalized spacial score (nSPS) is 8.76. The highest BCUT2D eigenvalue weighted by Gasteiger charge is 2.04. The summed E-state index contributed by atoms with van der Waals surface area (Å²) in [4.78, 5) is 41.6. The van der Waals surface area contributed by atoms with Crippen LogP contribution >= 0.6 is 0 Å². The van der Waals surface area contributed by atoms with Crippen molar-refractivity contribution in [2.75, 3.05) is 0 Å². The van der Waals surface area contributed by atoms with E-state index in [0.29, 0.717) is 25.7 Å². The van der Waals surface area contributed by atoms with Crippen molar-refractivity contribution in [2.45, 2.75) is 32.1 Å². The molecule has 0 aromatic rings. The third-order valence-corrected chi connectivity index (χ3v) is 2.02. The van der Waals surface area contributed by atoms with Crippen molar-refractivity contribution in [3.8, 4) is 0 Å². The number of amides is 4. The molecule has 12 heteroatoms. The summed E-state index contributed by atoms with van der Waals surface area (Å²) < 4.78 is 0. The van der Waals surface area contributed by atoms with E-state index in [0.717, 1.165) is 0 Å². The average molecular weight is 306 g/mol. The topological polar surface area (TPSA) is 220 Å². The van der Waals surface area contributed by atoms with Gasteiger partial charge in [-0.2, -0.15) is 0 Å². The number of hydrazine groups is 4. The van der Waals surface area contributed by atoms with Gasteiger partial charge in [-0.3, -0.25) is 40.9 Å². The van der Waals surface area contributed by atoms with Gasteiger partial charge in [0.1, 0.15) is 6.42 Å². The van der Waals surface area contributed by atoms with Crippen molar-refractivity contribution in [3.63, 3.8) is 0 Å². The lowest BCUT2D eigenvalue weighted by molar-refractivity contribution is -0.129. The van der Waals surface area contributed by atoms with Gasteiger partial charge in [0, 0.05) is 12.8 Å². The molecule has 122 valence electrons. The molecule has 0 saturated heterocycles. The smallest absolute Gasteiger partial charge is 0.243 e. The molecular formula is C9H22N8O4. The zero-order valence-corrected chi connectivity index (χ0v) is 11.5. The summed E-state index contributed by atoms with van der Waals surface area (Å²) in [5, 5.41) is 0. The third kappa shape index (κ3) is 15.7. The summed E-state index contributed by atoms with van der Waals surface area (Å²) in [5.74, 6) is 17.4. The molecule has 0 rings (SSSR count). The van der Waals surface area contributed by atoms with E-state index in [1.54, 1.807) is 10.9 Å². The molecule has 4 amide bonds. The number of hydrogen-bond acceptors (Lipinski definition) is 8. The summed E-state index contributed by atoms with van der Waals surface area (Å²) in [6, 6.07) is 0. The first kappa shape index (κ1) is 21.0. The van der Waals surface area contributed by atoms with E-state index in [9.17, 15) is 19.2 Å². The Bertz CT molecular complexity index is 317. The molecule has 0 aliphatic rings. The standard InChI is InChI=1S/C6H14N4O2.C3H8N4O2/c7-9-5(11)3-1-2-4-6(12)10-8;4-6-2(8)1-3(9)7-5/h1-4,7-8H2,(H,9,11)(H,10,12);1,4-5H2,(H,6,8)(H,7,9). The minimum absolute atomic E-state index is 0.219. The zero-order chi connectivity index (χ0) is 16.7. The van der Waals surface area contributed by atoms with Crippen LogP contribution in [-0.2, 0) is 19.2 Å². The Labute approximate surface area is 121 Å². The second-order valence-electron chi connectivity index (χ2n) is 3.65. The lowest BCUT2D eigenvalue weighted by atomic mass is 10.2. The number of hydrogen-bond donors (Lipinski definition) is 8. The first-order chi connectivity index (χ1) is 9.90. The zero-order valence-electron chi connectivity index (χ0n) is 11.5. The first-order valence-electron chi connectivity index (χ1n) is 5.89. The molecule has 12 nitrogen and oxygen atoms in total. The highest BCUT2D eigenvalue weighted by atomic mass is 16.2. The van der Waals surface area contributed by atoms with Crippen molar-refractivity contribution in [3.05, 3.63) is 0 Å². The van der Waals surface area contributed by atoms with Crippen LogP contribution in [0.3, 0.4) is 0 Å². The number of unbranched alkanes of at least 4 members (excludes halogenated alkanes) is 1. The van der Waals surface area contributed by atoms with Crippen LogP contribution in [-0.4, -0.2) is 23.6 Å². The van der Waals surface area contributed by atoms with E-state index >= 15 is 0 Å². The van der Waals surface area contributed by atoms with E-state index in [-0.39, 0.29) is 18.2 Å². The van der Waals surface area contributed by atoms with Gasteiger partial charge in [0.15, 0.2) is 0 Å². The predicted octanol–water partition coefficient (Wildman–Crippen LogP) is -4.12. The van der Waals surface area contributed by atoms with Crippen LogP contribution in [0, 0.1) is 0 Å². The lowest BCUT2D eigenvalue weighted by Crippen LogP contribution is -2.37. The van der Waals surface area contributed by atoms with Crippen LogP contribution in [0.15, 0.2) is 0 Å². The van der Waals surface area contributed by atoms with Gasteiger partial charge in [-0.1, -0.05) is 0 Å². The molecule has 0 heterocycles. The maximum absolute atomic E-state index is 10.6. The Hall–Kier alpha value is -2.28. The van der Waals surface area contributed by atoms with Gasteiger partial charge in [0.05, 0.1) is 0 Å². The maximum atomic E-state index is 10.6. The van der Waals surface area contributed by atoms with Crippen LogP contribution in [0.25, 0.3) is 0 Å². The van der Waals surface area contributed by atoms with E-state index < -0.39 is 11.8 Å². The van der Waals surface area contributed by atoms with Crippen LogP contribution in [0.2, 0.25) is 0 Å². The van der Waals surface area contributed by atoms with Crippen molar-refractivity contribution >= 4 is 23.6 Å². The fourth-order valence-electron chi connectivity index (χ4n) is 0.963. The quantitative estimate of drug-likeness (QED) is 0.0756. The van der Waals surface area contributed by atoms with Gasteiger partial charge in [-0.25, -0.2) is 23.4 Å². The molecule has 0 bridgehead atoms. The molecule has 0 atom stereocenters. The number of nitrogens with one attached hydrogen (secondary N) is 4. The van der Waals surface area contributed by atoms with Crippen molar-refractivity contribution in [2.24, 2.45) is 23.4 Å². The minimum Gasteiger partial charge on any atom is -0.294 e. The van der Waals surface area contributed by atoms with Gasteiger partial charge in [0.2, 0.25) is 23.6 Å². The Morgan fingerprint density at radius 3 is 1.10 bits per heavy atom. The molecule has 0 spiro atoms. The highest BCUT2D eigenvalue weighted by molar-refractivity contribution is 5.96. The first-order valence-corrected chi connectivity index (χ1v) is 5.89. The maximum Gasteiger partial charge on any atom is 0.243 e. The van der Waals surface area contributed by atoms with E-state index in [2.05, 4.69) is 11.7 Å². The molecule has 0 aromatic carbocycles. The fourth-order valence-corrected chi connectivity index (χ4v) is 0.963. The summed E-state index contributed by atoms with van der Waals surface area (Å²) in [5.41, 5.74) is 7.56. The molecule has 0 fully saturated rings. The Kier molecular flexibility index (Phi) is 14.2. The predicted molar refractivity (Wildman–Crippen MR) is 72.4 cm³/mol. The molecule has 0 radical (unpaired) electrons. The summed E-state index contributed by atoms with van der Waals surface area (Å²) in [6.07, 6.45) is 1.61. The number of carbonyl (C=O) groups excluding carboxylic acids is 4. The molecule has 21 heavy (non-hydrogen) atoms. The SMILES string of the molecule is NNC(=O)CC(=O)NN.NNC(=O)CCCCC(=O)NN. The largest absolute Gasteiger partial charge is 0.294 e. The molecule has 0 aliphatic heterocycles. The Balaban J connectivity index is 0. The average Bonchev–Trinajstić information content (AvgIpc) is 2.50. The van der Waals surface area contributed by atoms with Gasteiger partial charge >= 0.3 is 0 Å². The summed E-state index contributed by atoms with van der Waals surface area (Å²) >= 11 is 0. The van der Waals surface area contributed by atoms with Crippen molar-refractivity contribution < 1.29 is 19.2 Å². The summed E-state index contributed by atoms with van der Waals surface area (Å²) in [6.45, 7) is 0. The van der Waals surface area contributed by atoms with E-state index in [4.69, 9.17) is 11.7 Å². The van der Waals surface area contributed by atoms with Crippen LogP contribution in [0.1, 0.15) is 32.1 Å². The Morgan fingerprint density at radius 1 is 0.571 bits per heavy atom. The van der Waals surface area contributed by atoms with Crippen LogP contribution < -0.4 is 45.1 Å².